The Hall–Kier alpha value is -2.08. The number of methoxy groups -OCH3 is 1. The minimum atomic E-state index is -1.02. The molecular formula is C12H12N2O3S. The molecular weight excluding hydrogens is 252 g/mol. The van der Waals surface area contributed by atoms with Gasteiger partial charge < -0.3 is 14.8 Å². The Morgan fingerprint density at radius 2 is 2.00 bits per heavy atom. The Labute approximate surface area is 109 Å². The van der Waals surface area contributed by atoms with Gasteiger partial charge in [-0.15, -0.1) is 0 Å². The number of H-pyrrole nitrogens is 1. The van der Waals surface area contributed by atoms with Gasteiger partial charge in [-0.1, -0.05) is 0 Å². The molecule has 1 aromatic carbocycles. The summed E-state index contributed by atoms with van der Waals surface area (Å²) in [5.74, 6) is -0.289. The molecule has 94 valence electrons. The van der Waals surface area contributed by atoms with E-state index in [0.717, 1.165) is 11.4 Å². The first-order valence-corrected chi connectivity index (χ1v) is 5.64. The molecule has 0 saturated carbocycles. The van der Waals surface area contributed by atoms with E-state index in [1.165, 1.54) is 0 Å². The van der Waals surface area contributed by atoms with E-state index in [4.69, 9.17) is 22.1 Å². The van der Waals surface area contributed by atoms with Gasteiger partial charge in [0.05, 0.1) is 12.8 Å². The molecule has 0 bridgehead atoms. The summed E-state index contributed by atoms with van der Waals surface area (Å²) in [6.07, 6.45) is 0. The zero-order valence-corrected chi connectivity index (χ0v) is 10.7. The number of rotatable bonds is 3. The highest BCUT2D eigenvalue weighted by Gasteiger charge is 2.14. The second-order valence-electron chi connectivity index (χ2n) is 3.73. The molecule has 2 rings (SSSR count). The second kappa shape index (κ2) is 4.66. The Bertz CT molecular complexity index is 640. The van der Waals surface area contributed by atoms with Crippen molar-refractivity contribution in [3.8, 4) is 11.4 Å². The molecule has 2 aromatic rings. The van der Waals surface area contributed by atoms with Crippen LogP contribution in [0.15, 0.2) is 24.3 Å². The summed E-state index contributed by atoms with van der Waals surface area (Å²) in [5.41, 5.74) is 1.47. The summed E-state index contributed by atoms with van der Waals surface area (Å²) in [4.78, 5) is 13.7. The fourth-order valence-corrected chi connectivity index (χ4v) is 2.11. The van der Waals surface area contributed by atoms with Crippen molar-refractivity contribution in [1.82, 2.24) is 9.55 Å². The van der Waals surface area contributed by atoms with Crippen molar-refractivity contribution in [2.75, 3.05) is 7.11 Å². The van der Waals surface area contributed by atoms with Gasteiger partial charge in [-0.05, 0) is 43.4 Å². The Morgan fingerprint density at radius 3 is 2.44 bits per heavy atom. The average molecular weight is 264 g/mol. The van der Waals surface area contributed by atoms with Crippen LogP contribution in [0.3, 0.4) is 0 Å². The number of carbonyl (C=O) groups is 1. The summed E-state index contributed by atoms with van der Waals surface area (Å²) in [6, 6.07) is 7.23. The molecule has 0 radical (unpaired) electrons. The van der Waals surface area contributed by atoms with Gasteiger partial charge in [-0.2, -0.15) is 0 Å². The number of hydrogen-bond donors (Lipinski definition) is 2. The van der Waals surface area contributed by atoms with Crippen LogP contribution in [0.2, 0.25) is 0 Å². The van der Waals surface area contributed by atoms with Gasteiger partial charge in [0.1, 0.15) is 11.4 Å². The quantitative estimate of drug-likeness (QED) is 0.836. The number of nitrogens with one attached hydrogen (secondary N) is 1. The SMILES string of the molecule is COc1ccc(-n2c(C)c(C(=O)O)[nH]c2=S)cc1. The third-order valence-electron chi connectivity index (χ3n) is 2.68. The predicted octanol–water partition coefficient (Wildman–Crippen LogP) is 2.55. The van der Waals surface area contributed by atoms with Crippen LogP contribution in [0.1, 0.15) is 16.2 Å². The first-order valence-electron chi connectivity index (χ1n) is 5.24. The highest BCUT2D eigenvalue weighted by atomic mass is 32.1. The van der Waals surface area contributed by atoms with Crippen LogP contribution in [0.4, 0.5) is 0 Å². The van der Waals surface area contributed by atoms with Gasteiger partial charge in [0.25, 0.3) is 0 Å². The van der Waals surface area contributed by atoms with E-state index >= 15 is 0 Å². The van der Waals surface area contributed by atoms with E-state index in [1.807, 2.05) is 12.1 Å². The highest BCUT2D eigenvalue weighted by molar-refractivity contribution is 7.71. The average Bonchev–Trinajstić information content (AvgIpc) is 2.65. The van der Waals surface area contributed by atoms with Gasteiger partial charge in [0.2, 0.25) is 0 Å². The van der Waals surface area contributed by atoms with Gasteiger partial charge in [0.15, 0.2) is 4.77 Å². The second-order valence-corrected chi connectivity index (χ2v) is 4.12. The molecule has 0 aliphatic carbocycles. The molecule has 2 N–H and O–H groups in total. The van der Waals surface area contributed by atoms with Crippen molar-refractivity contribution in [2.24, 2.45) is 0 Å². The van der Waals surface area contributed by atoms with Crippen molar-refractivity contribution >= 4 is 18.2 Å². The van der Waals surface area contributed by atoms with Crippen LogP contribution >= 0.6 is 12.2 Å². The number of carboxylic acid groups (broad SMARTS) is 1. The molecule has 6 heteroatoms. The van der Waals surface area contributed by atoms with Crippen LogP contribution in [0.5, 0.6) is 5.75 Å². The minimum absolute atomic E-state index is 0.107. The predicted molar refractivity (Wildman–Crippen MR) is 69.2 cm³/mol. The molecule has 0 amide bonds. The maximum atomic E-state index is 11.0. The number of aromatic carboxylic acids is 1. The molecule has 0 fully saturated rings. The van der Waals surface area contributed by atoms with Gasteiger partial charge in [-0.3, -0.25) is 4.57 Å². The Balaban J connectivity index is 2.56. The van der Waals surface area contributed by atoms with Crippen molar-refractivity contribution in [2.45, 2.75) is 6.92 Å². The number of aromatic amines is 1. The van der Waals surface area contributed by atoms with Crippen LogP contribution in [0.25, 0.3) is 5.69 Å². The van der Waals surface area contributed by atoms with E-state index in [9.17, 15) is 4.79 Å². The third-order valence-corrected chi connectivity index (χ3v) is 2.96. The topological polar surface area (TPSA) is 67.2 Å². The van der Waals surface area contributed by atoms with E-state index in [2.05, 4.69) is 4.98 Å². The summed E-state index contributed by atoms with van der Waals surface area (Å²) in [7, 11) is 1.59. The summed E-state index contributed by atoms with van der Waals surface area (Å²) >= 11 is 5.14. The molecule has 0 atom stereocenters. The zero-order chi connectivity index (χ0) is 13.3. The van der Waals surface area contributed by atoms with Crippen LogP contribution in [0, 0.1) is 11.7 Å². The molecule has 0 aliphatic rings. The number of benzene rings is 1. The monoisotopic (exact) mass is 264 g/mol. The number of hydrogen-bond acceptors (Lipinski definition) is 3. The maximum absolute atomic E-state index is 11.0. The molecule has 0 saturated heterocycles. The minimum Gasteiger partial charge on any atom is -0.497 e. The zero-order valence-electron chi connectivity index (χ0n) is 9.93. The highest BCUT2D eigenvalue weighted by Crippen LogP contribution is 2.19. The Kier molecular flexibility index (Phi) is 3.20. The normalized spacial score (nSPS) is 10.3. The lowest BCUT2D eigenvalue weighted by molar-refractivity contribution is 0.0690. The van der Waals surface area contributed by atoms with Crippen molar-refractivity contribution in [3.05, 3.63) is 40.4 Å². The Morgan fingerprint density at radius 1 is 1.39 bits per heavy atom. The number of aromatic nitrogens is 2. The van der Waals surface area contributed by atoms with Crippen LogP contribution < -0.4 is 4.74 Å². The number of ether oxygens (including phenoxy) is 1. The van der Waals surface area contributed by atoms with Crippen molar-refractivity contribution in [1.29, 1.82) is 0 Å². The number of nitrogens with zero attached hydrogens (tertiary/aromatic N) is 1. The molecule has 1 aromatic heterocycles. The summed E-state index contributed by atoms with van der Waals surface area (Å²) in [6.45, 7) is 1.71. The van der Waals surface area contributed by atoms with Crippen molar-refractivity contribution in [3.63, 3.8) is 0 Å². The third kappa shape index (κ3) is 2.02. The molecule has 0 unspecified atom stereocenters. The summed E-state index contributed by atoms with van der Waals surface area (Å²) < 4.78 is 7.11. The fourth-order valence-electron chi connectivity index (χ4n) is 1.77. The van der Waals surface area contributed by atoms with Crippen LogP contribution in [-0.2, 0) is 0 Å². The lowest BCUT2D eigenvalue weighted by Gasteiger charge is -2.06. The van der Waals surface area contributed by atoms with E-state index in [-0.39, 0.29) is 5.69 Å². The fraction of sp³-hybridized carbons (Fsp3) is 0.167. The molecule has 0 spiro atoms. The first-order chi connectivity index (χ1) is 8.54. The van der Waals surface area contributed by atoms with Gasteiger partial charge >= 0.3 is 5.97 Å². The standard InChI is InChI=1S/C12H12N2O3S/c1-7-10(11(15)16)13-12(18)14(7)8-3-5-9(17-2)6-4-8/h3-6H,1-2H3,(H,13,18)(H,15,16). The largest absolute Gasteiger partial charge is 0.497 e. The lowest BCUT2D eigenvalue weighted by Crippen LogP contribution is -2.02. The van der Waals surface area contributed by atoms with Gasteiger partial charge in [0, 0.05) is 5.69 Å². The van der Waals surface area contributed by atoms with Crippen molar-refractivity contribution < 1.29 is 14.6 Å². The molecule has 18 heavy (non-hydrogen) atoms. The summed E-state index contributed by atoms with van der Waals surface area (Å²) in [5, 5.41) is 9.02. The number of carboxylic acids is 1. The van der Waals surface area contributed by atoms with Crippen LogP contribution in [-0.4, -0.2) is 27.7 Å². The van der Waals surface area contributed by atoms with E-state index in [1.54, 1.807) is 30.7 Å². The van der Waals surface area contributed by atoms with Gasteiger partial charge in [-0.25, -0.2) is 4.79 Å². The molecule has 1 heterocycles. The first kappa shape index (κ1) is 12.4. The molecule has 5 nitrogen and oxygen atoms in total. The molecule has 0 aliphatic heterocycles. The van der Waals surface area contributed by atoms with E-state index in [0.29, 0.717) is 10.5 Å². The number of imidazole rings is 1. The maximum Gasteiger partial charge on any atom is 0.354 e. The lowest BCUT2D eigenvalue weighted by atomic mass is 10.3. The van der Waals surface area contributed by atoms with E-state index < -0.39 is 5.97 Å². The smallest absolute Gasteiger partial charge is 0.354 e.